The van der Waals surface area contributed by atoms with E-state index in [0.29, 0.717) is 53.4 Å². The Bertz CT molecular complexity index is 1440. The van der Waals surface area contributed by atoms with Crippen LogP contribution in [-0.4, -0.2) is 60.3 Å². The second-order valence-corrected chi connectivity index (χ2v) is 11.1. The number of anilines is 2. The van der Waals surface area contributed by atoms with Gasteiger partial charge in [0.1, 0.15) is 11.9 Å². The molecule has 3 aromatic rings. The van der Waals surface area contributed by atoms with Crippen molar-refractivity contribution in [3.63, 3.8) is 0 Å². The fraction of sp³-hybridized carbons (Fsp3) is 0.320. The SMILES string of the molecule is Cc1ccc2nc(N3CCS(=O)(=O)c4ccccc4C3)cc(NC(=O)C3CCCN3C(=O)O)c2c1. The van der Waals surface area contributed by atoms with Crippen molar-refractivity contribution in [2.75, 3.05) is 29.1 Å². The highest BCUT2D eigenvalue weighted by atomic mass is 32.2. The first-order valence-corrected chi connectivity index (χ1v) is 13.2. The summed E-state index contributed by atoms with van der Waals surface area (Å²) in [6.07, 6.45) is -0.00962. The normalized spacial score (nSPS) is 19.3. The molecular formula is C25H26N4O5S. The number of nitrogens with zero attached hydrogens (tertiary/aromatic N) is 3. The molecule has 182 valence electrons. The van der Waals surface area contributed by atoms with Crippen LogP contribution in [0, 0.1) is 6.92 Å². The topological polar surface area (TPSA) is 120 Å². The van der Waals surface area contributed by atoms with Gasteiger partial charge in [0.05, 0.1) is 21.9 Å². The molecule has 0 bridgehead atoms. The number of sulfone groups is 1. The van der Waals surface area contributed by atoms with Gasteiger partial charge in [-0.15, -0.1) is 0 Å². The fourth-order valence-corrected chi connectivity index (χ4v) is 6.33. The summed E-state index contributed by atoms with van der Waals surface area (Å²) in [6, 6.07) is 13.7. The van der Waals surface area contributed by atoms with Gasteiger partial charge in [-0.2, -0.15) is 0 Å². The maximum Gasteiger partial charge on any atom is 0.407 e. The van der Waals surface area contributed by atoms with Crippen LogP contribution in [0.2, 0.25) is 0 Å². The molecule has 0 spiro atoms. The largest absolute Gasteiger partial charge is 0.465 e. The van der Waals surface area contributed by atoms with Gasteiger partial charge in [-0.3, -0.25) is 9.69 Å². The molecule has 35 heavy (non-hydrogen) atoms. The first kappa shape index (κ1) is 23.1. The van der Waals surface area contributed by atoms with Crippen LogP contribution < -0.4 is 10.2 Å². The third-order valence-electron chi connectivity index (χ3n) is 6.63. The van der Waals surface area contributed by atoms with Crippen LogP contribution in [0.4, 0.5) is 16.3 Å². The van der Waals surface area contributed by atoms with Gasteiger partial charge in [-0.25, -0.2) is 18.2 Å². The highest BCUT2D eigenvalue weighted by Gasteiger charge is 2.34. The van der Waals surface area contributed by atoms with Gasteiger partial charge >= 0.3 is 6.09 Å². The summed E-state index contributed by atoms with van der Waals surface area (Å²) in [6.45, 7) is 2.89. The van der Waals surface area contributed by atoms with Gasteiger partial charge in [0.15, 0.2) is 9.84 Å². The number of nitrogens with one attached hydrogen (secondary N) is 1. The standard InChI is InChI=1S/C25H26N4O5S/c1-16-8-9-19-18(13-16)20(27-24(30)21-6-4-10-29(21)25(31)32)14-23(26-19)28-11-12-35(33,34)22-7-3-2-5-17(22)15-28/h2-3,5,7-9,13-14,21H,4,6,10-12,15H2,1H3,(H,31,32)(H,26,27,30). The summed E-state index contributed by atoms with van der Waals surface area (Å²) in [7, 11) is -3.42. The lowest BCUT2D eigenvalue weighted by Gasteiger charge is -2.24. The van der Waals surface area contributed by atoms with E-state index in [2.05, 4.69) is 5.32 Å². The molecule has 2 aromatic carbocycles. The zero-order chi connectivity index (χ0) is 24.7. The minimum absolute atomic E-state index is 0.0467. The molecule has 1 fully saturated rings. The van der Waals surface area contributed by atoms with Crippen molar-refractivity contribution >= 4 is 44.2 Å². The Kier molecular flexibility index (Phi) is 5.84. The molecule has 0 aliphatic carbocycles. The number of carbonyl (C=O) groups is 2. The Balaban J connectivity index is 1.54. The van der Waals surface area contributed by atoms with Crippen molar-refractivity contribution in [3.8, 4) is 0 Å². The van der Waals surface area contributed by atoms with Crippen LogP contribution in [0.3, 0.4) is 0 Å². The number of carboxylic acid groups (broad SMARTS) is 1. The number of hydrogen-bond donors (Lipinski definition) is 2. The summed E-state index contributed by atoms with van der Waals surface area (Å²) in [5, 5.41) is 13.1. The molecular weight excluding hydrogens is 468 g/mol. The molecule has 2 aliphatic heterocycles. The van der Waals surface area contributed by atoms with Gasteiger partial charge in [0.2, 0.25) is 5.91 Å². The zero-order valence-electron chi connectivity index (χ0n) is 19.3. The molecule has 0 radical (unpaired) electrons. The van der Waals surface area contributed by atoms with Crippen molar-refractivity contribution in [1.29, 1.82) is 0 Å². The number of benzene rings is 2. The van der Waals surface area contributed by atoms with Crippen LogP contribution in [0.25, 0.3) is 10.9 Å². The Hall–Kier alpha value is -3.66. The molecule has 9 nitrogen and oxygen atoms in total. The van der Waals surface area contributed by atoms with E-state index in [0.717, 1.165) is 10.9 Å². The molecule has 0 saturated carbocycles. The molecule has 1 unspecified atom stereocenters. The maximum absolute atomic E-state index is 13.1. The van der Waals surface area contributed by atoms with Crippen LogP contribution in [0.5, 0.6) is 0 Å². The molecule has 2 aliphatic rings. The molecule has 5 rings (SSSR count). The first-order valence-electron chi connectivity index (χ1n) is 11.5. The van der Waals surface area contributed by atoms with Crippen LogP contribution in [0.1, 0.15) is 24.0 Å². The van der Waals surface area contributed by atoms with Crippen molar-refractivity contribution in [1.82, 2.24) is 9.88 Å². The molecule has 1 atom stereocenters. The van der Waals surface area contributed by atoms with Crippen molar-refractivity contribution in [3.05, 3.63) is 59.7 Å². The quantitative estimate of drug-likeness (QED) is 0.572. The Morgan fingerprint density at radius 2 is 1.91 bits per heavy atom. The number of aryl methyl sites for hydroxylation is 1. The number of pyridine rings is 1. The van der Waals surface area contributed by atoms with E-state index in [-0.39, 0.29) is 18.2 Å². The molecule has 2 amide bonds. The number of aromatic nitrogens is 1. The number of carbonyl (C=O) groups excluding carboxylic acids is 1. The predicted octanol–water partition coefficient (Wildman–Crippen LogP) is 3.42. The minimum Gasteiger partial charge on any atom is -0.465 e. The Morgan fingerprint density at radius 1 is 1.11 bits per heavy atom. The van der Waals surface area contributed by atoms with E-state index in [1.807, 2.05) is 36.1 Å². The molecule has 2 N–H and O–H groups in total. The maximum atomic E-state index is 13.1. The smallest absolute Gasteiger partial charge is 0.407 e. The third kappa shape index (κ3) is 4.41. The number of amides is 2. The van der Waals surface area contributed by atoms with E-state index in [1.54, 1.807) is 24.3 Å². The summed E-state index contributed by atoms with van der Waals surface area (Å²) < 4.78 is 25.6. The van der Waals surface area contributed by atoms with E-state index in [9.17, 15) is 23.1 Å². The average molecular weight is 495 g/mol. The summed E-state index contributed by atoms with van der Waals surface area (Å²) in [4.78, 5) is 32.9. The first-order chi connectivity index (χ1) is 16.7. The van der Waals surface area contributed by atoms with E-state index < -0.39 is 22.0 Å². The zero-order valence-corrected chi connectivity index (χ0v) is 20.1. The van der Waals surface area contributed by atoms with Crippen molar-refractivity contribution in [2.24, 2.45) is 0 Å². The molecule has 10 heteroatoms. The van der Waals surface area contributed by atoms with Gasteiger partial charge in [-0.1, -0.05) is 29.8 Å². The lowest BCUT2D eigenvalue weighted by molar-refractivity contribution is -0.119. The second-order valence-electron chi connectivity index (χ2n) is 9.02. The second kappa shape index (κ2) is 8.84. The summed E-state index contributed by atoms with van der Waals surface area (Å²) >= 11 is 0. The van der Waals surface area contributed by atoms with Gasteiger partial charge in [0.25, 0.3) is 0 Å². The molecule has 3 heterocycles. The van der Waals surface area contributed by atoms with Crippen LogP contribution in [-0.2, 0) is 21.2 Å². The van der Waals surface area contributed by atoms with Crippen molar-refractivity contribution < 1.29 is 23.1 Å². The number of rotatable bonds is 3. The monoisotopic (exact) mass is 494 g/mol. The van der Waals surface area contributed by atoms with Gasteiger partial charge < -0.3 is 15.3 Å². The lowest BCUT2D eigenvalue weighted by atomic mass is 10.1. The van der Waals surface area contributed by atoms with Crippen LogP contribution in [0.15, 0.2) is 53.4 Å². The predicted molar refractivity (Wildman–Crippen MR) is 132 cm³/mol. The summed E-state index contributed by atoms with van der Waals surface area (Å²) in [5.41, 5.74) is 2.87. The van der Waals surface area contributed by atoms with E-state index in [1.165, 1.54) is 4.90 Å². The summed E-state index contributed by atoms with van der Waals surface area (Å²) in [5.74, 6) is 0.119. The average Bonchev–Trinajstić information content (AvgIpc) is 3.28. The molecule has 1 saturated heterocycles. The van der Waals surface area contributed by atoms with Gasteiger partial charge in [-0.05, 0) is 43.5 Å². The molecule has 1 aromatic heterocycles. The third-order valence-corrected chi connectivity index (χ3v) is 8.42. The Morgan fingerprint density at radius 3 is 2.71 bits per heavy atom. The number of likely N-dealkylation sites (tertiary alicyclic amines) is 1. The lowest BCUT2D eigenvalue weighted by Crippen LogP contribution is -2.42. The number of fused-ring (bicyclic) bond motifs is 2. The van der Waals surface area contributed by atoms with Crippen LogP contribution >= 0.6 is 0 Å². The highest BCUT2D eigenvalue weighted by molar-refractivity contribution is 7.91. The van der Waals surface area contributed by atoms with E-state index in [4.69, 9.17) is 4.98 Å². The van der Waals surface area contributed by atoms with Crippen molar-refractivity contribution in [2.45, 2.75) is 37.2 Å². The Labute approximate surface area is 203 Å². The fourth-order valence-electron chi connectivity index (χ4n) is 4.83. The highest BCUT2D eigenvalue weighted by Crippen LogP contribution is 2.32. The van der Waals surface area contributed by atoms with Gasteiger partial charge in [0, 0.05) is 31.1 Å². The minimum atomic E-state index is -3.42. The van der Waals surface area contributed by atoms with E-state index >= 15 is 0 Å². The number of hydrogen-bond acceptors (Lipinski definition) is 6.